The molecule has 0 aliphatic rings. The maximum Gasteiger partial charge on any atom is 0.417 e. The molecule has 0 amide bonds. The maximum atomic E-state index is 13.0. The van der Waals surface area contributed by atoms with Crippen molar-refractivity contribution in [1.29, 1.82) is 0 Å². The summed E-state index contributed by atoms with van der Waals surface area (Å²) >= 11 is 11.4. The first-order chi connectivity index (χ1) is 10.2. The molecule has 0 bridgehead atoms. The summed E-state index contributed by atoms with van der Waals surface area (Å²) in [6.07, 6.45) is -4.89. The van der Waals surface area contributed by atoms with Crippen molar-refractivity contribution in [1.82, 2.24) is 0 Å². The Morgan fingerprint density at radius 1 is 1.00 bits per heavy atom. The molecule has 8 heteroatoms. The molecule has 2 nitrogen and oxygen atoms in total. The second-order valence-corrected chi connectivity index (χ2v) is 4.97. The molecule has 0 aliphatic carbocycles. The van der Waals surface area contributed by atoms with Crippen LogP contribution in [0.25, 0.3) is 0 Å². The Bertz CT molecular complexity index is 729. The highest BCUT2D eigenvalue weighted by Gasteiger charge is 2.36. The molecule has 0 saturated heterocycles. The number of hydrogen-bond donors (Lipinski definition) is 0. The number of halogens is 6. The lowest BCUT2D eigenvalue weighted by Gasteiger charge is -2.12. The van der Waals surface area contributed by atoms with Gasteiger partial charge in [0.1, 0.15) is 11.6 Å². The number of alkyl halides is 3. The fraction of sp³-hybridized carbons (Fsp3) is 0.0714. The fourth-order valence-electron chi connectivity index (χ4n) is 1.63. The normalized spacial score (nSPS) is 11.4. The summed E-state index contributed by atoms with van der Waals surface area (Å²) in [5.41, 5.74) is -2.22. The van der Waals surface area contributed by atoms with Gasteiger partial charge in [-0.1, -0.05) is 23.2 Å². The highest BCUT2D eigenvalue weighted by Crippen LogP contribution is 2.33. The van der Waals surface area contributed by atoms with Gasteiger partial charge >= 0.3 is 12.1 Å². The molecule has 2 rings (SSSR count). The zero-order chi connectivity index (χ0) is 16.5. The van der Waals surface area contributed by atoms with Gasteiger partial charge in [0.15, 0.2) is 0 Å². The number of ether oxygens (including phenoxy) is 1. The van der Waals surface area contributed by atoms with Crippen molar-refractivity contribution in [3.63, 3.8) is 0 Å². The van der Waals surface area contributed by atoms with Crippen LogP contribution in [-0.2, 0) is 6.18 Å². The molecule has 0 atom stereocenters. The third-order valence-corrected chi connectivity index (χ3v) is 3.35. The molecule has 2 aromatic rings. The summed E-state index contributed by atoms with van der Waals surface area (Å²) < 4.78 is 56.3. The van der Waals surface area contributed by atoms with Gasteiger partial charge in [0.05, 0.1) is 21.2 Å². The first kappa shape index (κ1) is 16.6. The average molecular weight is 353 g/mol. The average Bonchev–Trinajstić information content (AvgIpc) is 2.41. The van der Waals surface area contributed by atoms with E-state index in [0.29, 0.717) is 6.07 Å². The molecule has 0 fully saturated rings. The first-order valence-corrected chi connectivity index (χ1v) is 6.48. The number of carbonyl (C=O) groups is 1. The van der Waals surface area contributed by atoms with Gasteiger partial charge in [0, 0.05) is 6.07 Å². The van der Waals surface area contributed by atoms with E-state index in [-0.39, 0.29) is 21.9 Å². The van der Waals surface area contributed by atoms with Crippen LogP contribution in [-0.4, -0.2) is 5.97 Å². The van der Waals surface area contributed by atoms with E-state index in [1.54, 1.807) is 0 Å². The molecule has 0 spiro atoms. The lowest BCUT2D eigenvalue weighted by molar-refractivity contribution is -0.138. The standard InChI is InChI=1S/C14H6Cl2F4O2/c15-11-4-2-8(6-12(11)16)22-13(21)9-3-1-7(17)5-10(9)14(18,19)20/h1-6H. The SMILES string of the molecule is O=C(Oc1ccc(Cl)c(Cl)c1)c1ccc(F)cc1C(F)(F)F. The zero-order valence-corrected chi connectivity index (χ0v) is 12.1. The Hall–Kier alpha value is -1.79. The van der Waals surface area contributed by atoms with Crippen LogP contribution in [0.15, 0.2) is 36.4 Å². The molecule has 0 heterocycles. The highest BCUT2D eigenvalue weighted by atomic mass is 35.5. The number of carbonyl (C=O) groups excluding carboxylic acids is 1. The number of benzene rings is 2. The molecule has 0 saturated carbocycles. The predicted octanol–water partition coefficient (Wildman–Crippen LogP) is 5.37. The Morgan fingerprint density at radius 2 is 1.68 bits per heavy atom. The van der Waals surface area contributed by atoms with Crippen molar-refractivity contribution in [2.75, 3.05) is 0 Å². The second-order valence-electron chi connectivity index (χ2n) is 4.15. The van der Waals surface area contributed by atoms with Crippen LogP contribution in [0.2, 0.25) is 10.0 Å². The minimum absolute atomic E-state index is 0.0714. The summed E-state index contributed by atoms with van der Waals surface area (Å²) in [6, 6.07) is 5.44. The molecule has 22 heavy (non-hydrogen) atoms. The predicted molar refractivity (Wildman–Crippen MR) is 72.8 cm³/mol. The van der Waals surface area contributed by atoms with Crippen LogP contribution >= 0.6 is 23.2 Å². The quantitative estimate of drug-likeness (QED) is 0.412. The van der Waals surface area contributed by atoms with Gasteiger partial charge in [0.25, 0.3) is 0 Å². The van der Waals surface area contributed by atoms with E-state index in [4.69, 9.17) is 27.9 Å². The number of esters is 1. The third kappa shape index (κ3) is 3.69. The zero-order valence-electron chi connectivity index (χ0n) is 10.5. The third-order valence-electron chi connectivity index (χ3n) is 2.61. The van der Waals surface area contributed by atoms with Gasteiger partial charge in [-0.15, -0.1) is 0 Å². The maximum absolute atomic E-state index is 13.0. The van der Waals surface area contributed by atoms with E-state index in [1.807, 2.05) is 0 Å². The molecule has 0 aromatic heterocycles. The number of hydrogen-bond acceptors (Lipinski definition) is 2. The van der Waals surface area contributed by atoms with E-state index in [2.05, 4.69) is 0 Å². The van der Waals surface area contributed by atoms with Gasteiger partial charge in [-0.25, -0.2) is 9.18 Å². The van der Waals surface area contributed by atoms with Gasteiger partial charge < -0.3 is 4.74 Å². The second kappa shape index (κ2) is 6.14. The minimum atomic E-state index is -4.89. The van der Waals surface area contributed by atoms with Gasteiger partial charge in [-0.3, -0.25) is 0 Å². The van der Waals surface area contributed by atoms with Crippen molar-refractivity contribution >= 4 is 29.2 Å². The largest absolute Gasteiger partial charge is 0.423 e. The summed E-state index contributed by atoms with van der Waals surface area (Å²) in [7, 11) is 0. The van der Waals surface area contributed by atoms with Gasteiger partial charge in [-0.2, -0.15) is 13.2 Å². The Balaban J connectivity index is 2.35. The molecule has 2 aromatic carbocycles. The van der Waals surface area contributed by atoms with Crippen LogP contribution in [0.1, 0.15) is 15.9 Å². The molecule has 0 radical (unpaired) electrons. The monoisotopic (exact) mass is 352 g/mol. The molecular formula is C14H6Cl2F4O2. The summed E-state index contributed by atoms with van der Waals surface area (Å²) in [4.78, 5) is 11.9. The lowest BCUT2D eigenvalue weighted by Crippen LogP contribution is -2.17. The minimum Gasteiger partial charge on any atom is -0.423 e. The van der Waals surface area contributed by atoms with Crippen LogP contribution < -0.4 is 4.74 Å². The Kier molecular flexibility index (Phi) is 4.63. The number of rotatable bonds is 2. The molecule has 0 aliphatic heterocycles. The van der Waals surface area contributed by atoms with E-state index >= 15 is 0 Å². The van der Waals surface area contributed by atoms with Gasteiger partial charge in [-0.05, 0) is 30.3 Å². The topological polar surface area (TPSA) is 26.3 Å². The van der Waals surface area contributed by atoms with Crippen LogP contribution in [0.3, 0.4) is 0 Å². The van der Waals surface area contributed by atoms with E-state index in [9.17, 15) is 22.4 Å². The van der Waals surface area contributed by atoms with Crippen molar-refractivity contribution in [3.8, 4) is 5.75 Å². The summed E-state index contributed by atoms with van der Waals surface area (Å²) in [6.45, 7) is 0. The van der Waals surface area contributed by atoms with Crippen molar-refractivity contribution < 1.29 is 27.1 Å². The van der Waals surface area contributed by atoms with Crippen LogP contribution in [0, 0.1) is 5.82 Å². The smallest absolute Gasteiger partial charge is 0.417 e. The molecule has 0 unspecified atom stereocenters. The Labute approximate surface area is 132 Å². The Morgan fingerprint density at radius 3 is 2.27 bits per heavy atom. The van der Waals surface area contributed by atoms with Crippen molar-refractivity contribution in [2.24, 2.45) is 0 Å². The van der Waals surface area contributed by atoms with Crippen molar-refractivity contribution in [2.45, 2.75) is 6.18 Å². The molecule has 0 N–H and O–H groups in total. The molecule has 116 valence electrons. The van der Waals surface area contributed by atoms with Crippen molar-refractivity contribution in [3.05, 3.63) is 63.4 Å². The van der Waals surface area contributed by atoms with Crippen LogP contribution in [0.4, 0.5) is 17.6 Å². The van der Waals surface area contributed by atoms with E-state index in [1.165, 1.54) is 18.2 Å². The van der Waals surface area contributed by atoms with Crippen LogP contribution in [0.5, 0.6) is 5.75 Å². The molecular weight excluding hydrogens is 347 g/mol. The highest BCUT2D eigenvalue weighted by molar-refractivity contribution is 6.42. The lowest BCUT2D eigenvalue weighted by atomic mass is 10.1. The van der Waals surface area contributed by atoms with E-state index in [0.717, 1.165) is 6.07 Å². The van der Waals surface area contributed by atoms with E-state index < -0.39 is 29.1 Å². The first-order valence-electron chi connectivity index (χ1n) is 5.72. The van der Waals surface area contributed by atoms with Gasteiger partial charge in [0.2, 0.25) is 0 Å². The summed E-state index contributed by atoms with van der Waals surface area (Å²) in [5.74, 6) is -2.49. The summed E-state index contributed by atoms with van der Waals surface area (Å²) in [5, 5.41) is 0.265. The fourth-order valence-corrected chi connectivity index (χ4v) is 1.92.